The Balaban J connectivity index is 0. The summed E-state index contributed by atoms with van der Waals surface area (Å²) < 4.78 is 9.41. The monoisotopic (exact) mass is 302 g/mol. The lowest BCUT2D eigenvalue weighted by molar-refractivity contribution is -0.140. The normalized spacial score (nSPS) is 9.90. The first-order chi connectivity index (χ1) is 9.82. The molecule has 2 N–H and O–H groups in total. The van der Waals surface area contributed by atoms with Gasteiger partial charge in [0, 0.05) is 17.6 Å². The lowest BCUT2D eigenvalue weighted by Gasteiger charge is -2.16. The summed E-state index contributed by atoms with van der Waals surface area (Å²) in [5.41, 5.74) is -0.306. The van der Waals surface area contributed by atoms with Crippen molar-refractivity contribution in [3.8, 4) is 0 Å². The Morgan fingerprint density at radius 1 is 0.952 bits per heavy atom. The van der Waals surface area contributed by atoms with Crippen molar-refractivity contribution >= 4 is 11.9 Å². The summed E-state index contributed by atoms with van der Waals surface area (Å²) in [5, 5.41) is 16.9. The number of hydrogen-bond donors (Lipinski definition) is 2. The third kappa shape index (κ3) is 16.3. The third-order valence-corrected chi connectivity index (χ3v) is 2.22. The van der Waals surface area contributed by atoms with E-state index in [2.05, 4.69) is 13.2 Å². The highest BCUT2D eigenvalue weighted by molar-refractivity contribution is 5.81. The zero-order valence-corrected chi connectivity index (χ0v) is 12.8. The van der Waals surface area contributed by atoms with Crippen molar-refractivity contribution in [1.29, 1.82) is 0 Å². The summed E-state index contributed by atoms with van der Waals surface area (Å²) in [4.78, 5) is 21.1. The molecule has 0 saturated heterocycles. The molecule has 0 heterocycles. The first-order valence-corrected chi connectivity index (χ1v) is 6.63. The minimum absolute atomic E-state index is 0.0451. The maximum Gasteiger partial charge on any atom is 0.330 e. The van der Waals surface area contributed by atoms with Crippen molar-refractivity contribution in [3.05, 3.63) is 25.3 Å². The highest BCUT2D eigenvalue weighted by atomic mass is 16.5. The number of aliphatic hydroxyl groups excluding tert-OH is 2. The second-order valence-electron chi connectivity index (χ2n) is 4.93. The van der Waals surface area contributed by atoms with Crippen LogP contribution in [0.2, 0.25) is 0 Å². The number of esters is 2. The average Bonchev–Trinajstić information content (AvgIpc) is 2.50. The highest BCUT2D eigenvalue weighted by Crippen LogP contribution is 2.10. The predicted molar refractivity (Wildman–Crippen MR) is 79.5 cm³/mol. The topological polar surface area (TPSA) is 93.1 Å². The molecule has 0 unspecified atom stereocenters. The van der Waals surface area contributed by atoms with Gasteiger partial charge in [0.1, 0.15) is 0 Å². The van der Waals surface area contributed by atoms with Crippen molar-refractivity contribution in [2.75, 3.05) is 26.4 Å². The van der Waals surface area contributed by atoms with Gasteiger partial charge in [0.25, 0.3) is 0 Å². The fourth-order valence-electron chi connectivity index (χ4n) is 0.717. The number of hydrogen-bond acceptors (Lipinski definition) is 6. The Kier molecular flexibility index (Phi) is 13.7. The van der Waals surface area contributed by atoms with Crippen LogP contribution in [0.5, 0.6) is 0 Å². The maximum absolute atomic E-state index is 10.6. The number of rotatable bonds is 9. The molecule has 0 bridgehead atoms. The molecule has 122 valence electrons. The van der Waals surface area contributed by atoms with Gasteiger partial charge in [0.05, 0.1) is 26.4 Å². The minimum atomic E-state index is -0.437. The molecule has 0 aliphatic rings. The van der Waals surface area contributed by atoms with Crippen molar-refractivity contribution in [2.45, 2.75) is 26.7 Å². The van der Waals surface area contributed by atoms with Gasteiger partial charge in [-0.3, -0.25) is 0 Å². The zero-order chi connectivity index (χ0) is 16.7. The molecule has 0 amide bonds. The molecule has 0 atom stereocenters. The summed E-state index contributed by atoms with van der Waals surface area (Å²) in [7, 11) is 0. The van der Waals surface area contributed by atoms with Crippen LogP contribution in [0.1, 0.15) is 26.7 Å². The van der Waals surface area contributed by atoms with Crippen LogP contribution in [0.25, 0.3) is 0 Å². The summed E-state index contributed by atoms with van der Waals surface area (Å²) in [6, 6.07) is 0. The summed E-state index contributed by atoms with van der Waals surface area (Å²) in [6.07, 6.45) is 3.53. The Morgan fingerprint density at radius 3 is 1.48 bits per heavy atom. The minimum Gasteiger partial charge on any atom is -0.463 e. The number of carbonyl (C=O) groups excluding carboxylic acids is 2. The van der Waals surface area contributed by atoms with E-state index in [1.165, 1.54) is 0 Å². The fraction of sp³-hybridized carbons (Fsp3) is 0.600. The summed E-state index contributed by atoms with van der Waals surface area (Å²) in [5.74, 6) is -0.874. The number of unbranched alkanes of at least 4 members (excludes halogenated alkanes) is 1. The lowest BCUT2D eigenvalue weighted by atomic mass is 9.97. The van der Waals surface area contributed by atoms with Gasteiger partial charge in [-0.1, -0.05) is 27.0 Å². The Hall–Kier alpha value is -1.66. The molecule has 0 aromatic heterocycles. The summed E-state index contributed by atoms with van der Waals surface area (Å²) >= 11 is 0. The first-order valence-electron chi connectivity index (χ1n) is 6.63. The Bertz CT molecular complexity index is 292. The van der Waals surface area contributed by atoms with Crippen LogP contribution < -0.4 is 0 Å². The second kappa shape index (κ2) is 13.3. The van der Waals surface area contributed by atoms with Crippen LogP contribution in [0.15, 0.2) is 25.3 Å². The molecule has 6 nitrogen and oxygen atoms in total. The fourth-order valence-corrected chi connectivity index (χ4v) is 0.717. The molecule has 0 saturated carbocycles. The van der Waals surface area contributed by atoms with Crippen molar-refractivity contribution in [3.63, 3.8) is 0 Å². The standard InChI is InChI=1S/C10H14O4.C5H12O2/c1-3-9(11)13-7-5-6-8-14-10(12)4-2;1-5(2,3-6)4-7/h3-4H,1-2,5-8H2;6-7H,3-4H2,1-2H3. The quantitative estimate of drug-likeness (QED) is 0.378. The van der Waals surface area contributed by atoms with E-state index in [1.54, 1.807) is 13.8 Å². The SMILES string of the molecule is C=CC(=O)OCCCCOC(=O)C=C.CC(C)(CO)CO. The van der Waals surface area contributed by atoms with Gasteiger partial charge >= 0.3 is 11.9 Å². The van der Waals surface area contributed by atoms with Crippen molar-refractivity contribution < 1.29 is 29.3 Å². The van der Waals surface area contributed by atoms with E-state index in [9.17, 15) is 9.59 Å². The van der Waals surface area contributed by atoms with Crippen LogP contribution in [0.4, 0.5) is 0 Å². The molecular formula is C15H26O6. The number of ether oxygens (including phenoxy) is 2. The van der Waals surface area contributed by atoms with Gasteiger partial charge in [-0.25, -0.2) is 9.59 Å². The molecule has 21 heavy (non-hydrogen) atoms. The van der Waals surface area contributed by atoms with Crippen LogP contribution >= 0.6 is 0 Å². The molecule has 0 aromatic rings. The van der Waals surface area contributed by atoms with E-state index in [0.717, 1.165) is 12.2 Å². The van der Waals surface area contributed by atoms with E-state index in [1.807, 2.05) is 0 Å². The largest absolute Gasteiger partial charge is 0.463 e. The van der Waals surface area contributed by atoms with Gasteiger partial charge in [0.15, 0.2) is 0 Å². The Morgan fingerprint density at radius 2 is 1.29 bits per heavy atom. The van der Waals surface area contributed by atoms with Gasteiger partial charge in [-0.05, 0) is 12.8 Å². The van der Waals surface area contributed by atoms with E-state index in [0.29, 0.717) is 26.1 Å². The Labute approximate surface area is 126 Å². The van der Waals surface area contributed by atoms with Crippen LogP contribution in [0.3, 0.4) is 0 Å². The molecule has 0 fully saturated rings. The van der Waals surface area contributed by atoms with Crippen LogP contribution in [-0.2, 0) is 19.1 Å². The molecule has 0 aromatic carbocycles. The van der Waals surface area contributed by atoms with E-state index < -0.39 is 11.9 Å². The van der Waals surface area contributed by atoms with Gasteiger partial charge < -0.3 is 19.7 Å². The third-order valence-electron chi connectivity index (χ3n) is 2.22. The maximum atomic E-state index is 10.6. The van der Waals surface area contributed by atoms with E-state index >= 15 is 0 Å². The van der Waals surface area contributed by atoms with Crippen molar-refractivity contribution in [1.82, 2.24) is 0 Å². The van der Waals surface area contributed by atoms with E-state index in [-0.39, 0.29) is 18.6 Å². The van der Waals surface area contributed by atoms with Gasteiger partial charge in [-0.15, -0.1) is 0 Å². The second-order valence-corrected chi connectivity index (χ2v) is 4.93. The first kappa shape index (κ1) is 21.6. The molecule has 0 spiro atoms. The summed E-state index contributed by atoms with van der Waals surface area (Å²) in [6.45, 7) is 10.8. The molecule has 6 heteroatoms. The molecule has 0 aliphatic carbocycles. The predicted octanol–water partition coefficient (Wildman–Crippen LogP) is 1.22. The van der Waals surface area contributed by atoms with Crippen LogP contribution in [0, 0.1) is 5.41 Å². The molecule has 0 radical (unpaired) electrons. The van der Waals surface area contributed by atoms with Gasteiger partial charge in [0.2, 0.25) is 0 Å². The lowest BCUT2D eigenvalue weighted by Crippen LogP contribution is -2.20. The smallest absolute Gasteiger partial charge is 0.330 e. The highest BCUT2D eigenvalue weighted by Gasteiger charge is 2.13. The van der Waals surface area contributed by atoms with Crippen LogP contribution in [-0.4, -0.2) is 48.6 Å². The van der Waals surface area contributed by atoms with Crippen molar-refractivity contribution in [2.24, 2.45) is 5.41 Å². The van der Waals surface area contributed by atoms with Gasteiger partial charge in [-0.2, -0.15) is 0 Å². The number of aliphatic hydroxyl groups is 2. The molecular weight excluding hydrogens is 276 g/mol. The zero-order valence-electron chi connectivity index (χ0n) is 12.8. The van der Waals surface area contributed by atoms with E-state index in [4.69, 9.17) is 19.7 Å². The number of carbonyl (C=O) groups is 2. The molecule has 0 rings (SSSR count). The molecule has 0 aliphatic heterocycles. The average molecular weight is 302 g/mol.